The van der Waals surface area contributed by atoms with E-state index in [1.54, 1.807) is 17.0 Å². The Hall–Kier alpha value is -2.26. The van der Waals surface area contributed by atoms with Crippen LogP contribution in [-0.4, -0.2) is 35.2 Å². The molecule has 166 valence electrons. The van der Waals surface area contributed by atoms with Gasteiger partial charge in [0.25, 0.3) is 5.60 Å². The van der Waals surface area contributed by atoms with Crippen LogP contribution < -0.4 is 4.90 Å². The summed E-state index contributed by atoms with van der Waals surface area (Å²) in [6.07, 6.45) is -11.4. The van der Waals surface area contributed by atoms with Crippen LogP contribution >= 0.6 is 0 Å². The number of nitrogens with zero attached hydrogens (tertiary/aromatic N) is 1. The zero-order valence-electron chi connectivity index (χ0n) is 16.2. The number of aliphatic hydroxyl groups is 2. The molecule has 0 fully saturated rings. The Morgan fingerprint density at radius 1 is 0.867 bits per heavy atom. The summed E-state index contributed by atoms with van der Waals surface area (Å²) in [7, 11) is 0. The third kappa shape index (κ3) is 5.26. The van der Waals surface area contributed by atoms with Gasteiger partial charge in [-0.1, -0.05) is 55.8 Å². The molecular weight excluding hydrogens is 412 g/mol. The van der Waals surface area contributed by atoms with Gasteiger partial charge in [0.1, 0.15) is 0 Å². The first kappa shape index (κ1) is 24.0. The number of hydrogen-bond donors (Lipinski definition) is 2. The molecule has 2 aromatic rings. The van der Waals surface area contributed by atoms with Crippen LogP contribution in [0.5, 0.6) is 0 Å². The van der Waals surface area contributed by atoms with E-state index in [0.29, 0.717) is 37.2 Å². The summed E-state index contributed by atoms with van der Waals surface area (Å²) < 4.78 is 78.5. The molecular formula is C21H23F6NO2. The second-order valence-electron chi connectivity index (χ2n) is 7.06. The van der Waals surface area contributed by atoms with Crippen molar-refractivity contribution < 1.29 is 36.6 Å². The van der Waals surface area contributed by atoms with Crippen molar-refractivity contribution in [3.05, 3.63) is 65.7 Å². The maximum Gasteiger partial charge on any atom is 0.430 e. The molecule has 30 heavy (non-hydrogen) atoms. The SMILES string of the molecule is CCCC(O)CN(Cc1ccccc1)c1ccc(C(O)(C(F)(F)F)C(F)(F)F)cc1. The van der Waals surface area contributed by atoms with Gasteiger partial charge in [-0.15, -0.1) is 0 Å². The van der Waals surface area contributed by atoms with Crippen molar-refractivity contribution in [2.24, 2.45) is 0 Å². The summed E-state index contributed by atoms with van der Waals surface area (Å²) >= 11 is 0. The molecule has 0 spiro atoms. The van der Waals surface area contributed by atoms with Crippen molar-refractivity contribution in [1.82, 2.24) is 0 Å². The number of alkyl halides is 6. The second kappa shape index (κ2) is 9.26. The highest BCUT2D eigenvalue weighted by atomic mass is 19.4. The minimum absolute atomic E-state index is 0.144. The molecule has 0 amide bonds. The first-order valence-electron chi connectivity index (χ1n) is 9.33. The fourth-order valence-electron chi connectivity index (χ4n) is 3.15. The normalized spacial score (nSPS) is 13.9. The number of halogens is 6. The molecule has 2 rings (SSSR count). The van der Waals surface area contributed by atoms with Crippen LogP contribution in [0.2, 0.25) is 0 Å². The van der Waals surface area contributed by atoms with Crippen LogP contribution in [0.1, 0.15) is 30.9 Å². The lowest BCUT2D eigenvalue weighted by atomic mass is 9.92. The van der Waals surface area contributed by atoms with E-state index in [1.807, 2.05) is 25.1 Å². The van der Waals surface area contributed by atoms with Gasteiger partial charge in [0, 0.05) is 24.3 Å². The van der Waals surface area contributed by atoms with Gasteiger partial charge in [0.05, 0.1) is 6.10 Å². The molecule has 0 aliphatic carbocycles. The van der Waals surface area contributed by atoms with Gasteiger partial charge in [-0.25, -0.2) is 0 Å². The van der Waals surface area contributed by atoms with E-state index in [9.17, 15) is 36.6 Å². The van der Waals surface area contributed by atoms with Gasteiger partial charge < -0.3 is 15.1 Å². The monoisotopic (exact) mass is 435 g/mol. The highest BCUT2D eigenvalue weighted by molar-refractivity contribution is 5.49. The lowest BCUT2D eigenvalue weighted by molar-refractivity contribution is -0.376. The Kier molecular flexibility index (Phi) is 7.41. The molecule has 3 nitrogen and oxygen atoms in total. The van der Waals surface area contributed by atoms with E-state index < -0.39 is 29.6 Å². The molecule has 2 N–H and O–H groups in total. The fourth-order valence-corrected chi connectivity index (χ4v) is 3.15. The molecule has 0 saturated heterocycles. The Labute approximate surface area is 170 Å². The van der Waals surface area contributed by atoms with Gasteiger partial charge in [-0.05, 0) is 24.1 Å². The maximum absolute atomic E-state index is 13.1. The van der Waals surface area contributed by atoms with Crippen molar-refractivity contribution in [2.75, 3.05) is 11.4 Å². The van der Waals surface area contributed by atoms with Crippen LogP contribution in [-0.2, 0) is 12.1 Å². The Morgan fingerprint density at radius 3 is 1.87 bits per heavy atom. The van der Waals surface area contributed by atoms with E-state index >= 15 is 0 Å². The first-order chi connectivity index (χ1) is 13.9. The zero-order valence-corrected chi connectivity index (χ0v) is 16.2. The molecule has 0 aliphatic rings. The number of anilines is 1. The average molecular weight is 435 g/mol. The van der Waals surface area contributed by atoms with E-state index in [-0.39, 0.29) is 6.54 Å². The number of hydrogen-bond acceptors (Lipinski definition) is 3. The summed E-state index contributed by atoms with van der Waals surface area (Å²) in [5.74, 6) is 0. The Balaban J connectivity index is 2.38. The molecule has 0 aliphatic heterocycles. The van der Waals surface area contributed by atoms with Crippen molar-refractivity contribution in [1.29, 1.82) is 0 Å². The standard InChI is InChI=1S/C21H23F6NO2/c1-2-6-18(29)14-28(13-15-7-4-3-5-8-15)17-11-9-16(10-12-17)19(30,20(22,23)24)21(25,26)27/h3-5,7-12,18,29-30H,2,6,13-14H2,1H3. The smallest absolute Gasteiger partial charge is 0.391 e. The number of rotatable bonds is 8. The Bertz CT molecular complexity index is 776. The third-order valence-electron chi connectivity index (χ3n) is 4.74. The Morgan fingerprint density at radius 2 is 1.40 bits per heavy atom. The van der Waals surface area contributed by atoms with Crippen molar-refractivity contribution in [3.8, 4) is 0 Å². The molecule has 9 heteroatoms. The minimum atomic E-state index is -5.94. The predicted molar refractivity (Wildman–Crippen MR) is 101 cm³/mol. The third-order valence-corrected chi connectivity index (χ3v) is 4.74. The molecule has 0 radical (unpaired) electrons. The largest absolute Gasteiger partial charge is 0.430 e. The van der Waals surface area contributed by atoms with Crippen molar-refractivity contribution in [3.63, 3.8) is 0 Å². The van der Waals surface area contributed by atoms with Crippen LogP contribution in [0.15, 0.2) is 54.6 Å². The van der Waals surface area contributed by atoms with Crippen molar-refractivity contribution >= 4 is 5.69 Å². The van der Waals surface area contributed by atoms with Gasteiger partial charge in [-0.2, -0.15) is 26.3 Å². The van der Waals surface area contributed by atoms with E-state index in [2.05, 4.69) is 0 Å². The van der Waals surface area contributed by atoms with E-state index in [0.717, 1.165) is 17.7 Å². The number of benzene rings is 2. The van der Waals surface area contributed by atoms with E-state index in [1.165, 1.54) is 0 Å². The van der Waals surface area contributed by atoms with Crippen LogP contribution in [0.3, 0.4) is 0 Å². The van der Waals surface area contributed by atoms with Crippen LogP contribution in [0.4, 0.5) is 32.0 Å². The quantitative estimate of drug-likeness (QED) is 0.563. The highest BCUT2D eigenvalue weighted by Gasteiger charge is 2.71. The second-order valence-corrected chi connectivity index (χ2v) is 7.06. The molecule has 0 aromatic heterocycles. The first-order valence-corrected chi connectivity index (χ1v) is 9.33. The summed E-state index contributed by atoms with van der Waals surface area (Å²) in [5.41, 5.74) is -5.11. The molecule has 0 saturated carbocycles. The summed E-state index contributed by atoms with van der Waals surface area (Å²) in [5, 5.41) is 19.7. The van der Waals surface area contributed by atoms with Gasteiger partial charge in [-0.3, -0.25) is 0 Å². The minimum Gasteiger partial charge on any atom is -0.391 e. The van der Waals surface area contributed by atoms with Crippen molar-refractivity contribution in [2.45, 2.75) is 50.4 Å². The predicted octanol–water partition coefficient (Wildman–Crippen LogP) is 5.17. The topological polar surface area (TPSA) is 43.7 Å². The molecule has 2 aromatic carbocycles. The maximum atomic E-state index is 13.1. The average Bonchev–Trinajstić information content (AvgIpc) is 2.66. The molecule has 0 bridgehead atoms. The lowest BCUT2D eigenvalue weighted by Crippen LogP contribution is -2.53. The fraction of sp³-hybridized carbons (Fsp3) is 0.429. The molecule has 1 atom stereocenters. The van der Waals surface area contributed by atoms with Gasteiger partial charge >= 0.3 is 12.4 Å². The number of aliphatic hydroxyl groups excluding tert-OH is 1. The summed E-state index contributed by atoms with van der Waals surface area (Å²) in [6.45, 7) is 2.32. The summed E-state index contributed by atoms with van der Waals surface area (Å²) in [6, 6.07) is 12.4. The van der Waals surface area contributed by atoms with Crippen LogP contribution in [0, 0.1) is 0 Å². The highest BCUT2D eigenvalue weighted by Crippen LogP contribution is 2.50. The molecule has 1 unspecified atom stereocenters. The lowest BCUT2D eigenvalue weighted by Gasteiger charge is -2.33. The summed E-state index contributed by atoms with van der Waals surface area (Å²) in [4.78, 5) is 1.67. The van der Waals surface area contributed by atoms with E-state index in [4.69, 9.17) is 0 Å². The van der Waals surface area contributed by atoms with Gasteiger partial charge in [0.2, 0.25) is 0 Å². The van der Waals surface area contributed by atoms with Crippen LogP contribution in [0.25, 0.3) is 0 Å². The van der Waals surface area contributed by atoms with Gasteiger partial charge in [0.15, 0.2) is 0 Å². The zero-order chi connectivity index (χ0) is 22.6. The molecule has 0 heterocycles.